The molecule has 3 N–H and O–H groups in total. The number of carbonyl (C=O) groups excluding carboxylic acids is 1. The molecule has 0 saturated heterocycles. The number of benzene rings is 2. The van der Waals surface area contributed by atoms with Crippen LogP contribution in [-0.2, 0) is 0 Å². The van der Waals surface area contributed by atoms with Gasteiger partial charge in [-0.2, -0.15) is 0 Å². The molecule has 1 saturated carbocycles. The highest BCUT2D eigenvalue weighted by molar-refractivity contribution is 5.89. The van der Waals surface area contributed by atoms with Crippen molar-refractivity contribution >= 4 is 28.5 Å². The molecular formula is C19H20N4O2. The number of rotatable bonds is 5. The van der Waals surface area contributed by atoms with Gasteiger partial charge in [-0.25, -0.2) is 9.78 Å². The molecule has 4 rings (SSSR count). The average Bonchev–Trinajstić information content (AvgIpc) is 3.30. The molecule has 6 heteroatoms. The highest BCUT2D eigenvalue weighted by Gasteiger charge is 2.23. The molecule has 3 aromatic rings. The second-order valence-corrected chi connectivity index (χ2v) is 6.34. The number of oxazole rings is 1. The second kappa shape index (κ2) is 6.47. The van der Waals surface area contributed by atoms with E-state index in [4.69, 9.17) is 4.42 Å². The third kappa shape index (κ3) is 3.74. The predicted octanol–water partition coefficient (Wildman–Crippen LogP) is 4.28. The standard InChI is InChI=1S/C19H20N4O2/c1-12(18-23-16-4-2-3-5-17(16)25-18)20-13-6-8-14(9-7-13)21-19(24)22-15-10-11-15/h2-9,12,15,20H,10-11H2,1H3,(H2,21,22,24)/t12-/m1/s1. The van der Waals surface area contributed by atoms with Crippen LogP contribution in [0.1, 0.15) is 31.7 Å². The molecule has 2 aromatic carbocycles. The van der Waals surface area contributed by atoms with Crippen molar-refractivity contribution in [1.29, 1.82) is 0 Å². The Balaban J connectivity index is 1.38. The van der Waals surface area contributed by atoms with E-state index in [1.807, 2.05) is 55.5 Å². The first kappa shape index (κ1) is 15.5. The summed E-state index contributed by atoms with van der Waals surface area (Å²) in [5, 5.41) is 9.09. The molecule has 0 spiro atoms. The first-order valence-corrected chi connectivity index (χ1v) is 8.47. The number of nitrogens with zero attached hydrogens (tertiary/aromatic N) is 1. The third-order valence-electron chi connectivity index (χ3n) is 4.12. The summed E-state index contributed by atoms with van der Waals surface area (Å²) in [6.07, 6.45) is 2.15. The van der Waals surface area contributed by atoms with Crippen LogP contribution in [-0.4, -0.2) is 17.1 Å². The zero-order chi connectivity index (χ0) is 17.2. The molecule has 1 atom stereocenters. The minimum Gasteiger partial charge on any atom is -0.438 e. The number of anilines is 2. The normalized spacial score (nSPS) is 14.9. The maximum absolute atomic E-state index is 11.7. The predicted molar refractivity (Wildman–Crippen MR) is 97.7 cm³/mol. The Morgan fingerprint density at radius 3 is 2.56 bits per heavy atom. The molecule has 1 aromatic heterocycles. The zero-order valence-corrected chi connectivity index (χ0v) is 14.0. The molecule has 0 radical (unpaired) electrons. The first-order valence-electron chi connectivity index (χ1n) is 8.47. The summed E-state index contributed by atoms with van der Waals surface area (Å²) in [7, 11) is 0. The van der Waals surface area contributed by atoms with E-state index in [1.54, 1.807) is 0 Å². The van der Waals surface area contributed by atoms with Gasteiger partial charge in [-0.05, 0) is 56.2 Å². The number of hydrogen-bond acceptors (Lipinski definition) is 4. The summed E-state index contributed by atoms with van der Waals surface area (Å²) >= 11 is 0. The number of para-hydroxylation sites is 2. The van der Waals surface area contributed by atoms with E-state index < -0.39 is 0 Å². The van der Waals surface area contributed by atoms with E-state index in [0.29, 0.717) is 11.9 Å². The number of amides is 2. The van der Waals surface area contributed by atoms with Crippen molar-refractivity contribution in [3.63, 3.8) is 0 Å². The lowest BCUT2D eigenvalue weighted by Crippen LogP contribution is -2.30. The van der Waals surface area contributed by atoms with Gasteiger partial charge in [0.2, 0.25) is 5.89 Å². The Hall–Kier alpha value is -3.02. The number of nitrogens with one attached hydrogen (secondary N) is 3. The number of urea groups is 1. The van der Waals surface area contributed by atoms with Crippen molar-refractivity contribution in [2.75, 3.05) is 10.6 Å². The van der Waals surface area contributed by atoms with Crippen molar-refractivity contribution in [2.45, 2.75) is 31.8 Å². The molecule has 0 aliphatic heterocycles. The molecule has 6 nitrogen and oxygen atoms in total. The van der Waals surface area contributed by atoms with Gasteiger partial charge in [0.25, 0.3) is 0 Å². The van der Waals surface area contributed by atoms with E-state index in [-0.39, 0.29) is 12.1 Å². The Bertz CT molecular complexity index is 851. The molecule has 128 valence electrons. The van der Waals surface area contributed by atoms with Gasteiger partial charge in [-0.3, -0.25) is 0 Å². The van der Waals surface area contributed by atoms with Crippen LogP contribution in [0.25, 0.3) is 11.1 Å². The van der Waals surface area contributed by atoms with Gasteiger partial charge in [0.1, 0.15) is 11.6 Å². The molecule has 1 fully saturated rings. The van der Waals surface area contributed by atoms with Gasteiger partial charge in [-0.15, -0.1) is 0 Å². The fourth-order valence-electron chi connectivity index (χ4n) is 2.62. The van der Waals surface area contributed by atoms with Crippen molar-refractivity contribution in [3.05, 3.63) is 54.4 Å². The van der Waals surface area contributed by atoms with Crippen molar-refractivity contribution in [3.8, 4) is 0 Å². The van der Waals surface area contributed by atoms with Crippen LogP contribution in [0.2, 0.25) is 0 Å². The summed E-state index contributed by atoms with van der Waals surface area (Å²) in [4.78, 5) is 16.2. The van der Waals surface area contributed by atoms with E-state index in [9.17, 15) is 4.79 Å². The summed E-state index contributed by atoms with van der Waals surface area (Å²) in [6, 6.07) is 15.4. The number of hydrogen-bond donors (Lipinski definition) is 3. The second-order valence-electron chi connectivity index (χ2n) is 6.34. The fraction of sp³-hybridized carbons (Fsp3) is 0.263. The van der Waals surface area contributed by atoms with Crippen molar-refractivity contribution in [2.24, 2.45) is 0 Å². The molecule has 2 amide bonds. The van der Waals surface area contributed by atoms with Crippen LogP contribution in [0, 0.1) is 0 Å². The van der Waals surface area contributed by atoms with Crippen LogP contribution < -0.4 is 16.0 Å². The molecular weight excluding hydrogens is 316 g/mol. The Labute approximate surface area is 145 Å². The summed E-state index contributed by atoms with van der Waals surface area (Å²) in [5.74, 6) is 0.646. The smallest absolute Gasteiger partial charge is 0.319 e. The number of aromatic nitrogens is 1. The van der Waals surface area contributed by atoms with Gasteiger partial charge in [-0.1, -0.05) is 12.1 Å². The maximum atomic E-state index is 11.7. The van der Waals surface area contributed by atoms with E-state index in [0.717, 1.165) is 35.3 Å². The van der Waals surface area contributed by atoms with Crippen LogP contribution in [0.15, 0.2) is 52.9 Å². The Morgan fingerprint density at radius 1 is 1.12 bits per heavy atom. The van der Waals surface area contributed by atoms with Gasteiger partial charge < -0.3 is 20.4 Å². The molecule has 0 bridgehead atoms. The van der Waals surface area contributed by atoms with Crippen LogP contribution in [0.5, 0.6) is 0 Å². The quantitative estimate of drug-likeness (QED) is 0.649. The molecule has 1 heterocycles. The molecule has 1 aliphatic rings. The van der Waals surface area contributed by atoms with Crippen LogP contribution in [0.4, 0.5) is 16.2 Å². The average molecular weight is 336 g/mol. The lowest BCUT2D eigenvalue weighted by Gasteiger charge is -2.13. The van der Waals surface area contributed by atoms with Gasteiger partial charge in [0.15, 0.2) is 5.58 Å². The summed E-state index contributed by atoms with van der Waals surface area (Å²) in [5.41, 5.74) is 3.33. The van der Waals surface area contributed by atoms with Crippen LogP contribution >= 0.6 is 0 Å². The number of fused-ring (bicyclic) bond motifs is 1. The summed E-state index contributed by atoms with van der Waals surface area (Å²) < 4.78 is 5.78. The number of carbonyl (C=O) groups is 1. The van der Waals surface area contributed by atoms with Gasteiger partial charge in [0.05, 0.1) is 0 Å². The topological polar surface area (TPSA) is 79.2 Å². The van der Waals surface area contributed by atoms with Gasteiger partial charge >= 0.3 is 6.03 Å². The Morgan fingerprint density at radius 2 is 1.84 bits per heavy atom. The van der Waals surface area contributed by atoms with E-state index in [2.05, 4.69) is 20.9 Å². The van der Waals surface area contributed by atoms with E-state index in [1.165, 1.54) is 0 Å². The monoisotopic (exact) mass is 336 g/mol. The zero-order valence-electron chi connectivity index (χ0n) is 14.0. The molecule has 0 unspecified atom stereocenters. The highest BCUT2D eigenvalue weighted by Crippen LogP contribution is 2.24. The largest absolute Gasteiger partial charge is 0.438 e. The minimum absolute atomic E-state index is 0.0654. The van der Waals surface area contributed by atoms with Crippen LogP contribution in [0.3, 0.4) is 0 Å². The fourth-order valence-corrected chi connectivity index (χ4v) is 2.62. The maximum Gasteiger partial charge on any atom is 0.319 e. The lowest BCUT2D eigenvalue weighted by atomic mass is 10.2. The first-order chi connectivity index (χ1) is 12.2. The highest BCUT2D eigenvalue weighted by atomic mass is 16.3. The lowest BCUT2D eigenvalue weighted by molar-refractivity contribution is 0.251. The summed E-state index contributed by atoms with van der Waals surface area (Å²) in [6.45, 7) is 2.00. The Kier molecular flexibility index (Phi) is 4.01. The molecule has 25 heavy (non-hydrogen) atoms. The van der Waals surface area contributed by atoms with Gasteiger partial charge in [0, 0.05) is 17.4 Å². The minimum atomic E-state index is -0.150. The third-order valence-corrected chi connectivity index (χ3v) is 4.12. The van der Waals surface area contributed by atoms with E-state index >= 15 is 0 Å². The molecule has 1 aliphatic carbocycles. The van der Waals surface area contributed by atoms with Crippen molar-refractivity contribution < 1.29 is 9.21 Å². The van der Waals surface area contributed by atoms with Crippen molar-refractivity contribution in [1.82, 2.24) is 10.3 Å². The SMILES string of the molecule is C[C@@H](Nc1ccc(NC(=O)NC2CC2)cc1)c1nc2ccccc2o1.